The number of carbonyl (C=O) groups is 2. The zero-order valence-corrected chi connectivity index (χ0v) is 15.9. The first-order valence-electron chi connectivity index (χ1n) is 8.64. The Labute approximate surface area is 157 Å². The molecule has 1 fully saturated rings. The molecule has 0 radical (unpaired) electrons. The van der Waals surface area contributed by atoms with Gasteiger partial charge in [-0.05, 0) is 32.4 Å². The van der Waals surface area contributed by atoms with Crippen LogP contribution in [0.2, 0.25) is 5.02 Å². The lowest BCUT2D eigenvalue weighted by molar-refractivity contribution is -0.160. The van der Waals surface area contributed by atoms with Crippen molar-refractivity contribution in [3.8, 4) is 11.5 Å². The van der Waals surface area contributed by atoms with Crippen molar-refractivity contribution in [3.63, 3.8) is 0 Å². The van der Waals surface area contributed by atoms with Gasteiger partial charge in [0.05, 0.1) is 30.9 Å². The van der Waals surface area contributed by atoms with Crippen LogP contribution in [0.25, 0.3) is 0 Å². The molecule has 1 aliphatic heterocycles. The van der Waals surface area contributed by atoms with Crippen molar-refractivity contribution in [3.05, 3.63) is 22.7 Å². The van der Waals surface area contributed by atoms with Gasteiger partial charge in [0, 0.05) is 12.1 Å². The molecule has 1 aromatic rings. The van der Waals surface area contributed by atoms with E-state index in [1.54, 1.807) is 13.0 Å². The molecular formula is C18H24ClNO6. The van der Waals surface area contributed by atoms with Crippen LogP contribution in [0, 0.1) is 0 Å². The molecule has 26 heavy (non-hydrogen) atoms. The number of carboxylic acids is 1. The molecule has 0 spiro atoms. The number of hydrogen-bond donors (Lipinski definition) is 1. The molecule has 0 aliphatic carbocycles. The number of rotatable bonds is 7. The van der Waals surface area contributed by atoms with Crippen molar-refractivity contribution in [2.45, 2.75) is 39.4 Å². The zero-order chi connectivity index (χ0) is 19.3. The van der Waals surface area contributed by atoms with E-state index in [-0.39, 0.29) is 23.6 Å². The second kappa shape index (κ2) is 9.09. The number of hydrogen-bond acceptors (Lipinski definition) is 5. The third kappa shape index (κ3) is 4.80. The molecule has 0 aromatic heterocycles. The number of nitrogens with zero attached hydrogens (tertiary/aromatic N) is 1. The number of amides is 1. The van der Waals surface area contributed by atoms with Crippen molar-refractivity contribution in [1.29, 1.82) is 0 Å². The smallest absolute Gasteiger partial charge is 0.334 e. The quantitative estimate of drug-likeness (QED) is 0.776. The van der Waals surface area contributed by atoms with E-state index in [1.165, 1.54) is 11.0 Å². The van der Waals surface area contributed by atoms with E-state index < -0.39 is 12.1 Å². The largest absolute Gasteiger partial charge is 0.490 e. The molecule has 1 aromatic carbocycles. The van der Waals surface area contributed by atoms with Crippen molar-refractivity contribution >= 4 is 23.5 Å². The average molecular weight is 386 g/mol. The predicted octanol–water partition coefficient (Wildman–Crippen LogP) is 2.84. The Morgan fingerprint density at radius 1 is 1.31 bits per heavy atom. The highest BCUT2D eigenvalue weighted by Crippen LogP contribution is 2.37. The molecule has 1 N–H and O–H groups in total. The number of aliphatic carboxylic acids is 1. The molecule has 0 saturated carbocycles. The van der Waals surface area contributed by atoms with Crippen molar-refractivity contribution in [2.24, 2.45) is 0 Å². The summed E-state index contributed by atoms with van der Waals surface area (Å²) in [4.78, 5) is 25.6. The summed E-state index contributed by atoms with van der Waals surface area (Å²) in [5.41, 5.74) is 0.320. The van der Waals surface area contributed by atoms with Crippen LogP contribution in [0.1, 0.15) is 37.6 Å². The van der Waals surface area contributed by atoms with Gasteiger partial charge in [-0.3, -0.25) is 4.79 Å². The Morgan fingerprint density at radius 2 is 2.04 bits per heavy atom. The monoisotopic (exact) mass is 385 g/mol. The van der Waals surface area contributed by atoms with Crippen molar-refractivity contribution in [2.75, 3.05) is 26.3 Å². The van der Waals surface area contributed by atoms with E-state index in [0.29, 0.717) is 36.8 Å². The second-order valence-corrected chi connectivity index (χ2v) is 6.46. The molecule has 8 heteroatoms. The minimum absolute atomic E-state index is 0.0197. The molecule has 1 heterocycles. The molecule has 144 valence electrons. The third-order valence-corrected chi connectivity index (χ3v) is 4.11. The first-order chi connectivity index (χ1) is 12.4. The first kappa shape index (κ1) is 20.3. The lowest BCUT2D eigenvalue weighted by Gasteiger charge is -2.35. The van der Waals surface area contributed by atoms with Crippen LogP contribution >= 0.6 is 11.6 Å². The maximum Gasteiger partial charge on any atom is 0.334 e. The van der Waals surface area contributed by atoms with Gasteiger partial charge in [-0.15, -0.1) is 0 Å². The van der Waals surface area contributed by atoms with Crippen LogP contribution in [-0.2, 0) is 9.53 Å². The van der Waals surface area contributed by atoms with Gasteiger partial charge in [0.25, 0.3) is 5.91 Å². The van der Waals surface area contributed by atoms with Gasteiger partial charge in [-0.1, -0.05) is 18.5 Å². The SMILES string of the molecule is CCCOc1c(Cl)cc(C(=O)N2CC(C(=O)O)O[C@H](C)C2)cc1OCC. The first-order valence-corrected chi connectivity index (χ1v) is 9.01. The topological polar surface area (TPSA) is 85.3 Å². The Morgan fingerprint density at radius 3 is 2.65 bits per heavy atom. The summed E-state index contributed by atoms with van der Waals surface area (Å²) >= 11 is 6.30. The average Bonchev–Trinajstić information content (AvgIpc) is 2.60. The van der Waals surface area contributed by atoms with Gasteiger partial charge in [0.1, 0.15) is 0 Å². The molecule has 1 unspecified atom stereocenters. The van der Waals surface area contributed by atoms with Crippen LogP contribution in [-0.4, -0.2) is 60.4 Å². The molecular weight excluding hydrogens is 362 g/mol. The molecule has 7 nitrogen and oxygen atoms in total. The van der Waals surface area contributed by atoms with Gasteiger partial charge in [-0.2, -0.15) is 0 Å². The Hall–Kier alpha value is -1.99. The summed E-state index contributed by atoms with van der Waals surface area (Å²) in [6.07, 6.45) is -0.607. The van der Waals surface area contributed by atoms with Gasteiger partial charge < -0.3 is 24.2 Å². The standard InChI is InChI=1S/C18H24ClNO6/c1-4-6-25-16-13(19)7-12(8-14(16)24-5-2)17(21)20-9-11(3)26-15(10-20)18(22)23/h7-8,11,15H,4-6,9-10H2,1-3H3,(H,22,23)/t11-,15?/m1/s1. The summed E-state index contributed by atoms with van der Waals surface area (Å²) in [7, 11) is 0. The van der Waals surface area contributed by atoms with Crippen LogP contribution in [0.5, 0.6) is 11.5 Å². The molecule has 0 bridgehead atoms. The predicted molar refractivity (Wildman–Crippen MR) is 96.3 cm³/mol. The summed E-state index contributed by atoms with van der Waals surface area (Å²) in [5, 5.41) is 9.46. The van der Waals surface area contributed by atoms with Crippen molar-refractivity contribution in [1.82, 2.24) is 4.90 Å². The van der Waals surface area contributed by atoms with Crippen molar-refractivity contribution < 1.29 is 28.9 Å². The molecule has 1 aliphatic rings. The highest BCUT2D eigenvalue weighted by atomic mass is 35.5. The maximum absolute atomic E-state index is 12.9. The maximum atomic E-state index is 12.9. The molecule has 1 amide bonds. The highest BCUT2D eigenvalue weighted by Gasteiger charge is 2.33. The van der Waals surface area contributed by atoms with E-state index in [9.17, 15) is 14.7 Å². The van der Waals surface area contributed by atoms with Crippen LogP contribution < -0.4 is 9.47 Å². The summed E-state index contributed by atoms with van der Waals surface area (Å²) in [6.45, 7) is 6.69. The minimum Gasteiger partial charge on any atom is -0.490 e. The normalized spacial score (nSPS) is 19.9. The number of carbonyl (C=O) groups excluding carboxylic acids is 1. The zero-order valence-electron chi connectivity index (χ0n) is 15.2. The van der Waals surface area contributed by atoms with Gasteiger partial charge >= 0.3 is 5.97 Å². The lowest BCUT2D eigenvalue weighted by atomic mass is 10.1. The summed E-state index contributed by atoms with van der Waals surface area (Å²) < 4.78 is 16.6. The fraction of sp³-hybridized carbons (Fsp3) is 0.556. The van der Waals surface area contributed by atoms with Gasteiger partial charge in [-0.25, -0.2) is 4.79 Å². The Kier molecular flexibility index (Phi) is 7.11. The van der Waals surface area contributed by atoms with Crippen LogP contribution in [0.3, 0.4) is 0 Å². The molecule has 2 atom stereocenters. The summed E-state index contributed by atoms with van der Waals surface area (Å²) in [6, 6.07) is 3.10. The highest BCUT2D eigenvalue weighted by molar-refractivity contribution is 6.32. The van der Waals surface area contributed by atoms with Crippen LogP contribution in [0.15, 0.2) is 12.1 Å². The summed E-state index contributed by atoms with van der Waals surface area (Å²) in [5.74, 6) is -0.611. The molecule has 1 saturated heterocycles. The number of ether oxygens (including phenoxy) is 3. The van der Waals surface area contributed by atoms with E-state index in [4.69, 9.17) is 25.8 Å². The molecule has 2 rings (SSSR count). The Bertz CT molecular complexity index is 665. The fourth-order valence-electron chi connectivity index (χ4n) is 2.73. The fourth-order valence-corrected chi connectivity index (χ4v) is 3.00. The van der Waals surface area contributed by atoms with E-state index in [2.05, 4.69) is 0 Å². The lowest BCUT2D eigenvalue weighted by Crippen LogP contribution is -2.51. The third-order valence-electron chi connectivity index (χ3n) is 3.83. The second-order valence-electron chi connectivity index (χ2n) is 6.05. The number of morpholine rings is 1. The number of halogens is 1. The van der Waals surface area contributed by atoms with Gasteiger partial charge in [0.15, 0.2) is 17.6 Å². The number of benzene rings is 1. The van der Waals surface area contributed by atoms with Crippen LogP contribution in [0.4, 0.5) is 0 Å². The Balaban J connectivity index is 2.28. The van der Waals surface area contributed by atoms with E-state index in [0.717, 1.165) is 6.42 Å². The number of carboxylic acid groups (broad SMARTS) is 1. The van der Waals surface area contributed by atoms with E-state index >= 15 is 0 Å². The minimum atomic E-state index is -1.09. The van der Waals surface area contributed by atoms with Gasteiger partial charge in [0.2, 0.25) is 0 Å². The van der Waals surface area contributed by atoms with E-state index in [1.807, 2.05) is 13.8 Å².